The Hall–Kier alpha value is -0.990. The van der Waals surface area contributed by atoms with Crippen LogP contribution in [0.25, 0.3) is 10.2 Å². The number of fused-ring (bicyclic) bond motifs is 1. The van der Waals surface area contributed by atoms with Crippen molar-refractivity contribution in [1.82, 2.24) is 19.8 Å². The highest BCUT2D eigenvalue weighted by Crippen LogP contribution is 2.34. The van der Waals surface area contributed by atoms with Gasteiger partial charge < -0.3 is 14.5 Å². The van der Waals surface area contributed by atoms with E-state index in [9.17, 15) is 0 Å². The second kappa shape index (κ2) is 8.17. The van der Waals surface area contributed by atoms with E-state index >= 15 is 0 Å². The van der Waals surface area contributed by atoms with Gasteiger partial charge >= 0.3 is 0 Å². The zero-order valence-corrected chi connectivity index (χ0v) is 17.9. The van der Waals surface area contributed by atoms with Crippen LogP contribution in [-0.4, -0.2) is 78.8 Å². The summed E-state index contributed by atoms with van der Waals surface area (Å²) in [4.78, 5) is 18.6. The van der Waals surface area contributed by atoms with Gasteiger partial charge in [-0.3, -0.25) is 4.90 Å². The van der Waals surface area contributed by atoms with Gasteiger partial charge in [0.1, 0.15) is 10.6 Å². The normalized spacial score (nSPS) is 22.9. The van der Waals surface area contributed by atoms with E-state index in [0.717, 1.165) is 42.3 Å². The van der Waals surface area contributed by atoms with E-state index in [-0.39, 0.29) is 6.04 Å². The molecule has 0 radical (unpaired) electrons. The van der Waals surface area contributed by atoms with Gasteiger partial charge in [0.25, 0.3) is 0 Å². The molecule has 0 spiro atoms. The van der Waals surface area contributed by atoms with Gasteiger partial charge in [0, 0.05) is 24.0 Å². The number of likely N-dealkylation sites (tertiary alicyclic amines) is 1. The molecule has 27 heavy (non-hydrogen) atoms. The average Bonchev–Trinajstić information content (AvgIpc) is 3.04. The van der Waals surface area contributed by atoms with Crippen molar-refractivity contribution in [3.8, 4) is 0 Å². The third kappa shape index (κ3) is 4.22. The second-order valence-corrected chi connectivity index (χ2v) is 9.27. The summed E-state index contributed by atoms with van der Waals surface area (Å²) in [6, 6.07) is 3.21. The molecular formula is C19H28ClN5OS. The highest BCUT2D eigenvalue weighted by Gasteiger charge is 2.25. The summed E-state index contributed by atoms with van der Waals surface area (Å²) in [5, 5.41) is 1.44. The molecule has 4 heterocycles. The zero-order chi connectivity index (χ0) is 19.0. The van der Waals surface area contributed by atoms with E-state index in [1.807, 2.05) is 0 Å². The van der Waals surface area contributed by atoms with Crippen molar-refractivity contribution >= 4 is 39.0 Å². The van der Waals surface area contributed by atoms with Crippen LogP contribution in [0.4, 0.5) is 5.82 Å². The van der Waals surface area contributed by atoms with Crippen LogP contribution in [0.3, 0.4) is 0 Å². The highest BCUT2D eigenvalue weighted by atomic mass is 35.5. The fraction of sp³-hybridized carbons (Fsp3) is 0.684. The Labute approximate surface area is 170 Å². The third-order valence-corrected chi connectivity index (χ3v) is 6.94. The van der Waals surface area contributed by atoms with Crippen LogP contribution in [0.2, 0.25) is 5.28 Å². The van der Waals surface area contributed by atoms with Gasteiger partial charge in [0.15, 0.2) is 0 Å². The minimum absolute atomic E-state index is 0.290. The monoisotopic (exact) mass is 409 g/mol. The van der Waals surface area contributed by atoms with Crippen LogP contribution in [0.15, 0.2) is 6.07 Å². The summed E-state index contributed by atoms with van der Waals surface area (Å²) in [6.45, 7) is 7.77. The van der Waals surface area contributed by atoms with E-state index in [1.54, 1.807) is 11.3 Å². The number of morpholine rings is 1. The summed E-state index contributed by atoms with van der Waals surface area (Å²) >= 11 is 7.99. The lowest BCUT2D eigenvalue weighted by Gasteiger charge is -2.35. The molecule has 2 aliphatic rings. The van der Waals surface area contributed by atoms with Gasteiger partial charge in [-0.15, -0.1) is 11.3 Å². The molecule has 148 valence electrons. The molecule has 0 bridgehead atoms. The van der Waals surface area contributed by atoms with Crippen molar-refractivity contribution in [3.63, 3.8) is 0 Å². The highest BCUT2D eigenvalue weighted by molar-refractivity contribution is 7.18. The number of piperidine rings is 1. The molecule has 4 rings (SSSR count). The molecule has 0 aromatic carbocycles. The first kappa shape index (κ1) is 19.3. The number of thiophene rings is 1. The minimum atomic E-state index is 0.290. The molecule has 0 aliphatic carbocycles. The maximum atomic E-state index is 6.25. The second-order valence-electron chi connectivity index (χ2n) is 7.81. The fourth-order valence-corrected chi connectivity index (χ4v) is 5.38. The molecule has 0 amide bonds. The predicted molar refractivity (Wildman–Crippen MR) is 112 cm³/mol. The Morgan fingerprint density at radius 3 is 2.81 bits per heavy atom. The molecule has 2 fully saturated rings. The number of anilines is 1. The molecule has 2 saturated heterocycles. The van der Waals surface area contributed by atoms with Crippen molar-refractivity contribution in [2.24, 2.45) is 0 Å². The van der Waals surface area contributed by atoms with Crippen LogP contribution >= 0.6 is 22.9 Å². The quantitative estimate of drug-likeness (QED) is 0.723. The molecule has 8 heteroatoms. The number of hydrogen-bond acceptors (Lipinski definition) is 7. The maximum Gasteiger partial charge on any atom is 0.225 e. The lowest BCUT2D eigenvalue weighted by molar-refractivity contribution is 0.0987. The van der Waals surface area contributed by atoms with Crippen molar-refractivity contribution in [2.75, 3.05) is 51.8 Å². The third-order valence-electron chi connectivity index (χ3n) is 5.75. The van der Waals surface area contributed by atoms with Gasteiger partial charge in [-0.1, -0.05) is 0 Å². The van der Waals surface area contributed by atoms with Crippen LogP contribution in [-0.2, 0) is 11.3 Å². The van der Waals surface area contributed by atoms with Gasteiger partial charge in [0.05, 0.1) is 24.6 Å². The van der Waals surface area contributed by atoms with Crippen LogP contribution in [0.5, 0.6) is 0 Å². The summed E-state index contributed by atoms with van der Waals surface area (Å²) in [6.07, 6.45) is 2.47. The zero-order valence-electron chi connectivity index (χ0n) is 16.3. The van der Waals surface area contributed by atoms with Gasteiger partial charge in [-0.05, 0) is 64.6 Å². The number of hydrogen-bond donors (Lipinski definition) is 0. The topological polar surface area (TPSA) is 44.7 Å². The number of rotatable bonds is 4. The van der Waals surface area contributed by atoms with Crippen molar-refractivity contribution in [1.29, 1.82) is 0 Å². The minimum Gasteiger partial charge on any atom is -0.377 e. The van der Waals surface area contributed by atoms with Crippen molar-refractivity contribution in [2.45, 2.75) is 38.4 Å². The standard InChI is InChI=1S/C19H28ClN5OS/c1-13-12-26-9-8-25(13)17-16-10-15(27-18(16)22-19(20)21-17)11-24(3)14-4-6-23(2)7-5-14/h10,13-14H,4-9,11-12H2,1-3H3. The summed E-state index contributed by atoms with van der Waals surface area (Å²) < 4.78 is 5.58. The van der Waals surface area contributed by atoms with Crippen LogP contribution < -0.4 is 4.90 Å². The lowest BCUT2D eigenvalue weighted by Crippen LogP contribution is -2.44. The van der Waals surface area contributed by atoms with Crippen LogP contribution in [0, 0.1) is 0 Å². The maximum absolute atomic E-state index is 6.25. The largest absolute Gasteiger partial charge is 0.377 e. The SMILES string of the molecule is CC1COCCN1c1nc(Cl)nc2sc(CN(C)C3CCN(C)CC3)cc12. The smallest absolute Gasteiger partial charge is 0.225 e. The molecule has 2 aliphatic heterocycles. The Balaban J connectivity index is 1.57. The molecule has 2 aromatic rings. The Morgan fingerprint density at radius 1 is 1.30 bits per heavy atom. The van der Waals surface area contributed by atoms with Crippen molar-refractivity contribution in [3.05, 3.63) is 16.2 Å². The number of nitrogens with zero attached hydrogens (tertiary/aromatic N) is 5. The van der Waals surface area contributed by atoms with Crippen molar-refractivity contribution < 1.29 is 4.74 Å². The lowest BCUT2D eigenvalue weighted by atomic mass is 10.0. The van der Waals surface area contributed by atoms with Gasteiger partial charge in [0.2, 0.25) is 5.28 Å². The number of halogens is 1. The first-order valence-electron chi connectivity index (χ1n) is 9.70. The Kier molecular flexibility index (Phi) is 5.85. The first-order valence-corrected chi connectivity index (χ1v) is 10.9. The van der Waals surface area contributed by atoms with E-state index in [2.05, 4.69) is 51.8 Å². The molecule has 0 N–H and O–H groups in total. The van der Waals surface area contributed by atoms with Crippen LogP contribution in [0.1, 0.15) is 24.6 Å². The molecule has 0 saturated carbocycles. The summed E-state index contributed by atoms with van der Waals surface area (Å²) in [5.74, 6) is 0.949. The van der Waals surface area contributed by atoms with E-state index in [1.165, 1.54) is 30.8 Å². The molecule has 2 aromatic heterocycles. The van der Waals surface area contributed by atoms with E-state index in [0.29, 0.717) is 11.3 Å². The predicted octanol–water partition coefficient (Wildman–Crippen LogP) is 3.10. The van der Waals surface area contributed by atoms with E-state index in [4.69, 9.17) is 16.3 Å². The summed E-state index contributed by atoms with van der Waals surface area (Å²) in [7, 11) is 4.45. The Bertz CT molecular complexity index is 792. The van der Waals surface area contributed by atoms with E-state index < -0.39 is 0 Å². The number of aromatic nitrogens is 2. The van der Waals surface area contributed by atoms with Gasteiger partial charge in [-0.25, -0.2) is 4.98 Å². The average molecular weight is 410 g/mol. The number of ether oxygens (including phenoxy) is 1. The van der Waals surface area contributed by atoms with Gasteiger partial charge in [-0.2, -0.15) is 4.98 Å². The molecular weight excluding hydrogens is 382 g/mol. The first-order chi connectivity index (χ1) is 13.0. The summed E-state index contributed by atoms with van der Waals surface area (Å²) in [5.41, 5.74) is 0. The molecule has 1 atom stereocenters. The fourth-order valence-electron chi connectivity index (χ4n) is 4.08. The molecule has 1 unspecified atom stereocenters. The molecule has 6 nitrogen and oxygen atoms in total. The Morgan fingerprint density at radius 2 is 2.07 bits per heavy atom.